The molecular formula is C15H21O4P. The first-order valence-corrected chi connectivity index (χ1v) is 8.57. The van der Waals surface area contributed by atoms with Gasteiger partial charge < -0.3 is 14.0 Å². The van der Waals surface area contributed by atoms with Gasteiger partial charge in [0.15, 0.2) is 0 Å². The normalized spacial score (nSPS) is 16.9. The molecule has 5 heteroatoms. The summed E-state index contributed by atoms with van der Waals surface area (Å²) in [5, 5.41) is 0. The summed E-state index contributed by atoms with van der Waals surface area (Å²) in [6.07, 6.45) is 5.07. The zero-order valence-corrected chi connectivity index (χ0v) is 13.0. The Labute approximate surface area is 120 Å². The van der Waals surface area contributed by atoms with Crippen LogP contribution in [-0.2, 0) is 4.57 Å². The maximum Gasteiger partial charge on any atom is 0.225 e. The number of ether oxygens (including phenoxy) is 2. The van der Waals surface area contributed by atoms with Crippen LogP contribution in [0.1, 0.15) is 36.0 Å². The Hall–Kier alpha value is -1.28. The monoisotopic (exact) mass is 296 g/mol. The van der Waals surface area contributed by atoms with E-state index in [1.54, 1.807) is 18.2 Å². The zero-order chi connectivity index (χ0) is 14.5. The van der Waals surface area contributed by atoms with Gasteiger partial charge in [0.05, 0.1) is 14.2 Å². The van der Waals surface area contributed by atoms with Gasteiger partial charge in [0.2, 0.25) is 5.52 Å². The Morgan fingerprint density at radius 2 is 1.75 bits per heavy atom. The maximum absolute atomic E-state index is 12.5. The van der Waals surface area contributed by atoms with Gasteiger partial charge in [-0.05, 0) is 30.9 Å². The van der Waals surface area contributed by atoms with E-state index in [9.17, 15) is 9.36 Å². The van der Waals surface area contributed by atoms with E-state index in [0.717, 1.165) is 12.8 Å². The molecule has 1 aliphatic rings. The van der Waals surface area contributed by atoms with Crippen molar-refractivity contribution in [2.75, 3.05) is 20.4 Å². The first-order chi connectivity index (χ1) is 9.67. The summed E-state index contributed by atoms with van der Waals surface area (Å²) in [4.78, 5) is 12.5. The molecule has 2 rings (SSSR count). The van der Waals surface area contributed by atoms with Gasteiger partial charge in [-0.3, -0.25) is 4.79 Å². The van der Waals surface area contributed by atoms with Crippen LogP contribution >= 0.6 is 7.80 Å². The maximum atomic E-state index is 12.5. The van der Waals surface area contributed by atoms with Gasteiger partial charge >= 0.3 is 0 Å². The Kier molecular flexibility index (Phi) is 5.24. The minimum absolute atomic E-state index is 0.319. The highest BCUT2D eigenvalue weighted by Gasteiger charge is 2.26. The lowest BCUT2D eigenvalue weighted by molar-refractivity contribution is 0.107. The summed E-state index contributed by atoms with van der Waals surface area (Å²) in [6.45, 7) is 0. The molecule has 0 N–H and O–H groups in total. The highest BCUT2D eigenvalue weighted by atomic mass is 31.1. The van der Waals surface area contributed by atoms with Gasteiger partial charge in [-0.1, -0.05) is 18.9 Å². The quantitative estimate of drug-likeness (QED) is 0.753. The number of hydrogen-bond donors (Lipinski definition) is 0. The van der Waals surface area contributed by atoms with Crippen molar-refractivity contribution >= 4 is 13.3 Å². The number of benzene rings is 1. The molecule has 0 amide bonds. The molecule has 110 valence electrons. The molecule has 0 heterocycles. The molecule has 1 fully saturated rings. The van der Waals surface area contributed by atoms with Crippen LogP contribution in [0.5, 0.6) is 11.5 Å². The predicted octanol–water partition coefficient (Wildman–Crippen LogP) is 3.59. The molecule has 4 nitrogen and oxygen atoms in total. The van der Waals surface area contributed by atoms with Crippen molar-refractivity contribution in [3.05, 3.63) is 23.8 Å². The fourth-order valence-electron chi connectivity index (χ4n) is 2.78. The van der Waals surface area contributed by atoms with Gasteiger partial charge in [0.1, 0.15) is 24.9 Å². The molecule has 0 radical (unpaired) electrons. The first-order valence-electron chi connectivity index (χ1n) is 6.96. The van der Waals surface area contributed by atoms with Crippen LogP contribution in [0.3, 0.4) is 0 Å². The lowest BCUT2D eigenvalue weighted by Gasteiger charge is -2.13. The SMILES string of the molecule is COc1cccc(OC)c1C(=O)[PH](=O)CC1CCCC1. The van der Waals surface area contributed by atoms with E-state index in [0.29, 0.717) is 29.1 Å². The van der Waals surface area contributed by atoms with Crippen LogP contribution in [0.15, 0.2) is 18.2 Å². The van der Waals surface area contributed by atoms with Gasteiger partial charge in [-0.15, -0.1) is 0 Å². The summed E-state index contributed by atoms with van der Waals surface area (Å²) >= 11 is 0. The molecule has 0 saturated heterocycles. The van der Waals surface area contributed by atoms with Crippen LogP contribution in [0.4, 0.5) is 0 Å². The van der Waals surface area contributed by atoms with Crippen molar-refractivity contribution in [1.29, 1.82) is 0 Å². The summed E-state index contributed by atoms with van der Waals surface area (Å²) in [7, 11) is 0.684. The fourth-order valence-corrected chi connectivity index (χ4v) is 4.43. The van der Waals surface area contributed by atoms with Crippen molar-refractivity contribution in [3.8, 4) is 11.5 Å². The van der Waals surface area contributed by atoms with Crippen molar-refractivity contribution in [2.45, 2.75) is 25.7 Å². The Bertz CT molecular complexity index is 484. The van der Waals surface area contributed by atoms with E-state index < -0.39 is 7.80 Å². The molecule has 20 heavy (non-hydrogen) atoms. The molecule has 0 aliphatic heterocycles. The molecule has 1 saturated carbocycles. The lowest BCUT2D eigenvalue weighted by atomic mass is 10.1. The number of carbonyl (C=O) groups excluding carboxylic acids is 1. The van der Waals surface area contributed by atoms with Crippen LogP contribution < -0.4 is 9.47 Å². The lowest BCUT2D eigenvalue weighted by Crippen LogP contribution is -2.05. The third kappa shape index (κ3) is 3.24. The summed E-state index contributed by atoms with van der Waals surface area (Å²) in [5.74, 6) is 1.30. The van der Waals surface area contributed by atoms with E-state index >= 15 is 0 Å². The van der Waals surface area contributed by atoms with Crippen LogP contribution in [0.2, 0.25) is 0 Å². The predicted molar refractivity (Wildman–Crippen MR) is 79.7 cm³/mol. The number of carbonyl (C=O) groups is 1. The highest BCUT2D eigenvalue weighted by Crippen LogP contribution is 2.40. The van der Waals surface area contributed by atoms with Gasteiger partial charge in [0, 0.05) is 6.16 Å². The van der Waals surface area contributed by atoms with E-state index in [1.165, 1.54) is 27.1 Å². The highest BCUT2D eigenvalue weighted by molar-refractivity contribution is 7.64. The molecule has 1 atom stereocenters. The second-order valence-electron chi connectivity index (χ2n) is 5.14. The second-order valence-corrected chi connectivity index (χ2v) is 6.85. The standard InChI is InChI=1S/C15H21O4P/c1-18-12-8-5-9-13(19-2)14(12)15(16)20(17)10-11-6-3-4-7-11/h5,8-9,11,20H,3-4,6-7,10H2,1-2H3. The van der Waals surface area contributed by atoms with Gasteiger partial charge in [-0.25, -0.2) is 0 Å². The summed E-state index contributed by atoms with van der Waals surface area (Å²) in [5.41, 5.74) is -0.00409. The third-order valence-corrected chi connectivity index (χ3v) is 5.56. The van der Waals surface area contributed by atoms with Crippen molar-refractivity contribution in [3.63, 3.8) is 0 Å². The summed E-state index contributed by atoms with van der Waals surface area (Å²) < 4.78 is 22.8. The smallest absolute Gasteiger partial charge is 0.225 e. The first kappa shape index (κ1) is 15.1. The second kappa shape index (κ2) is 6.94. The Balaban J connectivity index is 2.21. The molecule has 0 aromatic heterocycles. The molecule has 1 unspecified atom stereocenters. The minimum Gasteiger partial charge on any atom is -0.496 e. The molecular weight excluding hydrogens is 275 g/mol. The van der Waals surface area contributed by atoms with Gasteiger partial charge in [0.25, 0.3) is 0 Å². The molecule has 1 aromatic rings. The molecule has 0 spiro atoms. The van der Waals surface area contributed by atoms with E-state index in [-0.39, 0.29) is 5.52 Å². The Morgan fingerprint density at radius 1 is 1.20 bits per heavy atom. The van der Waals surface area contributed by atoms with Gasteiger partial charge in [-0.2, -0.15) is 0 Å². The van der Waals surface area contributed by atoms with E-state index in [4.69, 9.17) is 9.47 Å². The van der Waals surface area contributed by atoms with E-state index in [2.05, 4.69) is 0 Å². The zero-order valence-electron chi connectivity index (χ0n) is 12.0. The van der Waals surface area contributed by atoms with Crippen LogP contribution in [-0.4, -0.2) is 25.9 Å². The largest absolute Gasteiger partial charge is 0.496 e. The Morgan fingerprint density at radius 3 is 2.25 bits per heavy atom. The minimum atomic E-state index is -2.32. The molecule has 1 aromatic carbocycles. The molecule has 0 bridgehead atoms. The van der Waals surface area contributed by atoms with Crippen molar-refractivity contribution < 1.29 is 18.8 Å². The third-order valence-electron chi connectivity index (χ3n) is 3.86. The van der Waals surface area contributed by atoms with Crippen LogP contribution in [0, 0.1) is 5.92 Å². The van der Waals surface area contributed by atoms with Crippen molar-refractivity contribution in [2.24, 2.45) is 5.92 Å². The topological polar surface area (TPSA) is 52.6 Å². The number of hydrogen-bond acceptors (Lipinski definition) is 4. The molecule has 1 aliphatic carbocycles. The average molecular weight is 296 g/mol. The number of rotatable bonds is 6. The average Bonchev–Trinajstić information content (AvgIpc) is 2.98. The number of methoxy groups -OCH3 is 2. The summed E-state index contributed by atoms with van der Waals surface area (Å²) in [6, 6.07) is 5.14. The van der Waals surface area contributed by atoms with E-state index in [1.807, 2.05) is 0 Å². The fraction of sp³-hybridized carbons (Fsp3) is 0.533. The van der Waals surface area contributed by atoms with Crippen molar-refractivity contribution in [1.82, 2.24) is 0 Å². The van der Waals surface area contributed by atoms with Crippen LogP contribution in [0.25, 0.3) is 0 Å².